The van der Waals surface area contributed by atoms with Crippen LogP contribution >= 0.6 is 0 Å². The Balaban J connectivity index is 1.64. The van der Waals surface area contributed by atoms with Crippen LogP contribution in [0.15, 0.2) is 47.8 Å². The third-order valence-corrected chi connectivity index (χ3v) is 4.45. The SMILES string of the molecule is C=CC(=O)Nc1ccccc1CC(=O)NCc1cc2c([nH]c1=O)CCC2. The van der Waals surface area contributed by atoms with Gasteiger partial charge < -0.3 is 15.6 Å². The molecule has 0 aliphatic heterocycles. The van der Waals surface area contributed by atoms with Gasteiger partial charge in [-0.2, -0.15) is 0 Å². The Bertz CT molecular complexity index is 915. The quantitative estimate of drug-likeness (QED) is 0.694. The molecule has 1 aromatic carbocycles. The summed E-state index contributed by atoms with van der Waals surface area (Å²) in [6, 6.07) is 8.98. The molecule has 0 atom stereocenters. The molecular weight excluding hydrogens is 330 g/mol. The van der Waals surface area contributed by atoms with E-state index >= 15 is 0 Å². The molecule has 26 heavy (non-hydrogen) atoms. The predicted molar refractivity (Wildman–Crippen MR) is 99.9 cm³/mol. The van der Waals surface area contributed by atoms with Gasteiger partial charge in [0, 0.05) is 23.5 Å². The fraction of sp³-hybridized carbons (Fsp3) is 0.250. The van der Waals surface area contributed by atoms with E-state index in [4.69, 9.17) is 0 Å². The Kier molecular flexibility index (Phi) is 5.31. The number of H-pyrrole nitrogens is 1. The van der Waals surface area contributed by atoms with Crippen molar-refractivity contribution in [2.75, 3.05) is 5.32 Å². The molecule has 0 unspecified atom stereocenters. The number of amides is 2. The predicted octanol–water partition coefficient (Wildman–Crippen LogP) is 1.85. The molecule has 0 spiro atoms. The minimum Gasteiger partial charge on any atom is -0.352 e. The average molecular weight is 351 g/mol. The fourth-order valence-electron chi connectivity index (χ4n) is 3.10. The number of aryl methyl sites for hydroxylation is 2. The van der Waals surface area contributed by atoms with Crippen LogP contribution in [-0.4, -0.2) is 16.8 Å². The molecule has 0 saturated heterocycles. The number of nitrogens with one attached hydrogen (secondary N) is 3. The lowest BCUT2D eigenvalue weighted by molar-refractivity contribution is -0.120. The summed E-state index contributed by atoms with van der Waals surface area (Å²) in [5.41, 5.74) is 3.85. The molecule has 3 N–H and O–H groups in total. The maximum absolute atomic E-state index is 12.3. The third-order valence-electron chi connectivity index (χ3n) is 4.45. The van der Waals surface area contributed by atoms with Gasteiger partial charge in [0.2, 0.25) is 11.8 Å². The van der Waals surface area contributed by atoms with Crippen LogP contribution < -0.4 is 16.2 Å². The van der Waals surface area contributed by atoms with Crippen LogP contribution in [0.5, 0.6) is 0 Å². The number of fused-ring (bicyclic) bond motifs is 1. The van der Waals surface area contributed by atoms with Crippen LogP contribution in [0.3, 0.4) is 0 Å². The van der Waals surface area contributed by atoms with Gasteiger partial charge in [-0.3, -0.25) is 14.4 Å². The minimum absolute atomic E-state index is 0.108. The van der Waals surface area contributed by atoms with Crippen molar-refractivity contribution >= 4 is 17.5 Å². The second-order valence-electron chi connectivity index (χ2n) is 6.29. The first-order valence-corrected chi connectivity index (χ1v) is 8.59. The van der Waals surface area contributed by atoms with E-state index in [0.717, 1.165) is 30.5 Å². The fourth-order valence-corrected chi connectivity index (χ4v) is 3.10. The Morgan fingerprint density at radius 1 is 1.19 bits per heavy atom. The molecule has 6 heteroatoms. The summed E-state index contributed by atoms with van der Waals surface area (Å²) in [5, 5.41) is 5.47. The number of aromatic amines is 1. The molecule has 1 aliphatic carbocycles. The zero-order valence-electron chi connectivity index (χ0n) is 14.4. The Morgan fingerprint density at radius 3 is 2.81 bits per heavy atom. The van der Waals surface area contributed by atoms with E-state index in [0.29, 0.717) is 16.8 Å². The minimum atomic E-state index is -0.331. The van der Waals surface area contributed by atoms with Crippen molar-refractivity contribution in [1.29, 1.82) is 0 Å². The maximum atomic E-state index is 12.3. The summed E-state index contributed by atoms with van der Waals surface area (Å²) >= 11 is 0. The number of pyridine rings is 1. The van der Waals surface area contributed by atoms with E-state index in [2.05, 4.69) is 22.2 Å². The van der Waals surface area contributed by atoms with Gasteiger partial charge in [-0.05, 0) is 48.6 Å². The van der Waals surface area contributed by atoms with Crippen LogP contribution in [0.25, 0.3) is 0 Å². The molecule has 1 aliphatic rings. The van der Waals surface area contributed by atoms with Crippen molar-refractivity contribution in [3.8, 4) is 0 Å². The Hall–Kier alpha value is -3.15. The number of carbonyl (C=O) groups is 2. The highest BCUT2D eigenvalue weighted by molar-refractivity contribution is 5.99. The number of hydrogen-bond donors (Lipinski definition) is 3. The number of benzene rings is 1. The number of carbonyl (C=O) groups excluding carboxylic acids is 2. The first kappa shape index (κ1) is 17.7. The van der Waals surface area contributed by atoms with Crippen molar-refractivity contribution in [2.45, 2.75) is 32.2 Å². The molecule has 2 amide bonds. The van der Waals surface area contributed by atoms with Crippen molar-refractivity contribution in [3.63, 3.8) is 0 Å². The second-order valence-corrected chi connectivity index (χ2v) is 6.29. The molecule has 0 radical (unpaired) electrons. The molecule has 3 rings (SSSR count). The van der Waals surface area contributed by atoms with Crippen LogP contribution in [0.4, 0.5) is 5.69 Å². The lowest BCUT2D eigenvalue weighted by atomic mass is 10.1. The molecule has 134 valence electrons. The van der Waals surface area contributed by atoms with Crippen LogP contribution in [0, 0.1) is 0 Å². The summed E-state index contributed by atoms with van der Waals surface area (Å²) < 4.78 is 0. The van der Waals surface area contributed by atoms with Crippen LogP contribution in [-0.2, 0) is 35.4 Å². The van der Waals surface area contributed by atoms with E-state index in [-0.39, 0.29) is 30.3 Å². The molecule has 6 nitrogen and oxygen atoms in total. The summed E-state index contributed by atoms with van der Waals surface area (Å²) in [6.45, 7) is 3.60. The summed E-state index contributed by atoms with van der Waals surface area (Å²) in [6.07, 6.45) is 4.20. The smallest absolute Gasteiger partial charge is 0.253 e. The molecular formula is C20H21N3O3. The molecule has 0 saturated carbocycles. The van der Waals surface area contributed by atoms with Gasteiger partial charge >= 0.3 is 0 Å². The standard InChI is InChI=1S/C20H21N3O3/c1-2-18(24)22-16-8-4-3-6-14(16)11-19(25)21-12-15-10-13-7-5-9-17(13)23-20(15)26/h2-4,6,8,10H,1,5,7,9,11-12H2,(H,21,25)(H,22,24)(H,23,26). The Morgan fingerprint density at radius 2 is 2.00 bits per heavy atom. The second kappa shape index (κ2) is 7.82. The topological polar surface area (TPSA) is 91.1 Å². The molecule has 0 bridgehead atoms. The van der Waals surface area contributed by atoms with E-state index in [1.807, 2.05) is 6.07 Å². The van der Waals surface area contributed by atoms with Gasteiger partial charge in [-0.1, -0.05) is 24.8 Å². The van der Waals surface area contributed by atoms with Gasteiger partial charge in [0.1, 0.15) is 0 Å². The van der Waals surface area contributed by atoms with Gasteiger partial charge in [-0.15, -0.1) is 0 Å². The lowest BCUT2D eigenvalue weighted by Gasteiger charge is -2.10. The number of aromatic nitrogens is 1. The first-order valence-electron chi connectivity index (χ1n) is 8.59. The number of rotatable bonds is 6. The van der Waals surface area contributed by atoms with E-state index in [1.165, 1.54) is 6.08 Å². The molecule has 0 fully saturated rings. The molecule has 2 aromatic rings. The summed E-state index contributed by atoms with van der Waals surface area (Å²) in [7, 11) is 0. The zero-order chi connectivity index (χ0) is 18.5. The van der Waals surface area contributed by atoms with Gasteiger partial charge in [-0.25, -0.2) is 0 Å². The maximum Gasteiger partial charge on any atom is 0.253 e. The summed E-state index contributed by atoms with van der Waals surface area (Å²) in [4.78, 5) is 38.8. The molecule has 1 heterocycles. The van der Waals surface area contributed by atoms with Gasteiger partial charge in [0.05, 0.1) is 6.42 Å². The zero-order valence-corrected chi connectivity index (χ0v) is 14.4. The van der Waals surface area contributed by atoms with Crippen molar-refractivity contribution in [2.24, 2.45) is 0 Å². The highest BCUT2D eigenvalue weighted by atomic mass is 16.2. The number of para-hydroxylation sites is 1. The van der Waals surface area contributed by atoms with Gasteiger partial charge in [0.15, 0.2) is 0 Å². The largest absolute Gasteiger partial charge is 0.352 e. The normalized spacial score (nSPS) is 12.3. The van der Waals surface area contributed by atoms with E-state index in [9.17, 15) is 14.4 Å². The first-order chi connectivity index (χ1) is 12.6. The average Bonchev–Trinajstić information content (AvgIpc) is 3.08. The van der Waals surface area contributed by atoms with Crippen molar-refractivity contribution in [3.05, 3.63) is 75.7 Å². The van der Waals surface area contributed by atoms with Crippen LogP contribution in [0.2, 0.25) is 0 Å². The van der Waals surface area contributed by atoms with E-state index in [1.54, 1.807) is 24.3 Å². The number of anilines is 1. The van der Waals surface area contributed by atoms with Crippen molar-refractivity contribution < 1.29 is 9.59 Å². The van der Waals surface area contributed by atoms with Crippen LogP contribution in [0.1, 0.15) is 28.8 Å². The monoisotopic (exact) mass is 351 g/mol. The molecule has 1 aromatic heterocycles. The number of hydrogen-bond acceptors (Lipinski definition) is 3. The third kappa shape index (κ3) is 4.08. The summed E-state index contributed by atoms with van der Waals surface area (Å²) in [5.74, 6) is -0.548. The van der Waals surface area contributed by atoms with Gasteiger partial charge in [0.25, 0.3) is 5.56 Å². The highest BCUT2D eigenvalue weighted by Crippen LogP contribution is 2.19. The Labute approximate surface area is 151 Å². The lowest BCUT2D eigenvalue weighted by Crippen LogP contribution is -2.28. The van der Waals surface area contributed by atoms with E-state index < -0.39 is 0 Å². The van der Waals surface area contributed by atoms with Crippen molar-refractivity contribution in [1.82, 2.24) is 10.3 Å². The highest BCUT2D eigenvalue weighted by Gasteiger charge is 2.15.